The van der Waals surface area contributed by atoms with E-state index in [1.54, 1.807) is 12.1 Å². The molecule has 0 aromatic carbocycles. The van der Waals surface area contributed by atoms with Crippen molar-refractivity contribution in [2.24, 2.45) is 0 Å². The first-order chi connectivity index (χ1) is 6.66. The number of amides is 1. The van der Waals surface area contributed by atoms with Crippen LogP contribution in [0.5, 0.6) is 0 Å². The van der Waals surface area contributed by atoms with Crippen molar-refractivity contribution in [1.82, 2.24) is 10.2 Å². The number of carbonyl (C=O) groups is 1. The highest BCUT2D eigenvalue weighted by molar-refractivity contribution is 5.95. The summed E-state index contributed by atoms with van der Waals surface area (Å²) in [5, 5.41) is 17.0. The van der Waals surface area contributed by atoms with Gasteiger partial charge in [0.25, 0.3) is 0 Å². The van der Waals surface area contributed by atoms with Crippen molar-refractivity contribution in [1.29, 1.82) is 0 Å². The van der Waals surface area contributed by atoms with E-state index in [0.29, 0.717) is 12.4 Å². The van der Waals surface area contributed by atoms with Gasteiger partial charge in [-0.25, -0.2) is 0 Å². The first-order valence-electron chi connectivity index (χ1n) is 4.45. The van der Waals surface area contributed by atoms with Crippen molar-refractivity contribution in [3.8, 4) is 0 Å². The molecule has 0 aliphatic carbocycles. The predicted octanol–water partition coefficient (Wildman–Crippen LogP) is -0.117. The quantitative estimate of drug-likeness (QED) is 0.675. The largest absolute Gasteiger partial charge is 0.391 e. The zero-order valence-corrected chi connectivity index (χ0v) is 7.84. The van der Waals surface area contributed by atoms with Crippen LogP contribution < -0.4 is 4.90 Å². The molecule has 1 N–H and O–H groups in total. The van der Waals surface area contributed by atoms with Gasteiger partial charge in [-0.15, -0.1) is 5.10 Å². The molecular weight excluding hydrogens is 182 g/mol. The summed E-state index contributed by atoms with van der Waals surface area (Å²) in [5.74, 6) is 0.410. The maximum Gasteiger partial charge on any atom is 0.230 e. The molecule has 14 heavy (non-hydrogen) atoms. The molecule has 0 saturated carbocycles. The van der Waals surface area contributed by atoms with E-state index in [9.17, 15) is 9.90 Å². The Hall–Kier alpha value is -1.49. The van der Waals surface area contributed by atoms with Crippen molar-refractivity contribution >= 4 is 11.7 Å². The van der Waals surface area contributed by atoms with Crippen LogP contribution in [0.15, 0.2) is 12.1 Å². The smallest absolute Gasteiger partial charge is 0.230 e. The molecule has 1 unspecified atom stereocenters. The molecule has 1 saturated heterocycles. The van der Waals surface area contributed by atoms with Gasteiger partial charge in [-0.2, -0.15) is 5.10 Å². The summed E-state index contributed by atoms with van der Waals surface area (Å²) in [4.78, 5) is 12.8. The Labute approximate surface area is 81.4 Å². The van der Waals surface area contributed by atoms with E-state index in [4.69, 9.17) is 0 Å². The van der Waals surface area contributed by atoms with Crippen molar-refractivity contribution < 1.29 is 9.90 Å². The van der Waals surface area contributed by atoms with Gasteiger partial charge in [0.15, 0.2) is 5.82 Å². The Morgan fingerprint density at radius 3 is 2.79 bits per heavy atom. The second-order valence-corrected chi connectivity index (χ2v) is 3.40. The van der Waals surface area contributed by atoms with Crippen LogP contribution in [-0.4, -0.2) is 33.9 Å². The van der Waals surface area contributed by atoms with Gasteiger partial charge in [-0.3, -0.25) is 9.69 Å². The minimum absolute atomic E-state index is 0.101. The number of β-amino-alcohol motifs (C(OH)–C–C–N with tert-alkyl or cyclic N) is 1. The maximum atomic E-state index is 11.4. The molecule has 1 aliphatic heterocycles. The van der Waals surface area contributed by atoms with Gasteiger partial charge in [-0.1, -0.05) is 0 Å². The van der Waals surface area contributed by atoms with E-state index in [2.05, 4.69) is 10.2 Å². The third-order valence-corrected chi connectivity index (χ3v) is 2.16. The number of aliphatic hydroxyl groups is 1. The zero-order chi connectivity index (χ0) is 10.1. The van der Waals surface area contributed by atoms with Gasteiger partial charge in [0.2, 0.25) is 5.91 Å². The topological polar surface area (TPSA) is 66.3 Å². The van der Waals surface area contributed by atoms with E-state index < -0.39 is 6.10 Å². The van der Waals surface area contributed by atoms with Crippen LogP contribution in [0.25, 0.3) is 0 Å². The van der Waals surface area contributed by atoms with Gasteiger partial charge in [0.05, 0.1) is 24.8 Å². The third-order valence-electron chi connectivity index (χ3n) is 2.16. The van der Waals surface area contributed by atoms with Crippen molar-refractivity contribution in [3.63, 3.8) is 0 Å². The summed E-state index contributed by atoms with van der Waals surface area (Å²) < 4.78 is 0. The number of carbonyl (C=O) groups excluding carboxylic acids is 1. The molecule has 1 aromatic rings. The molecule has 74 valence electrons. The van der Waals surface area contributed by atoms with E-state index >= 15 is 0 Å². The minimum atomic E-state index is -0.578. The summed E-state index contributed by atoms with van der Waals surface area (Å²) in [6.45, 7) is 2.15. The van der Waals surface area contributed by atoms with Gasteiger partial charge in [0.1, 0.15) is 0 Å². The first-order valence-corrected chi connectivity index (χ1v) is 4.45. The van der Waals surface area contributed by atoms with E-state index in [-0.39, 0.29) is 12.3 Å². The lowest BCUT2D eigenvalue weighted by Gasteiger charge is -2.13. The number of rotatable bonds is 1. The lowest BCUT2D eigenvalue weighted by Crippen LogP contribution is -2.26. The Kier molecular flexibility index (Phi) is 2.17. The monoisotopic (exact) mass is 193 g/mol. The van der Waals surface area contributed by atoms with Crippen molar-refractivity contribution in [2.75, 3.05) is 11.4 Å². The van der Waals surface area contributed by atoms with Crippen molar-refractivity contribution in [2.45, 2.75) is 19.4 Å². The van der Waals surface area contributed by atoms with Crippen LogP contribution in [0.1, 0.15) is 12.1 Å². The summed E-state index contributed by atoms with van der Waals surface area (Å²) in [6, 6.07) is 3.53. The summed E-state index contributed by atoms with van der Waals surface area (Å²) in [6.07, 6.45) is -0.402. The predicted molar refractivity (Wildman–Crippen MR) is 49.7 cm³/mol. The fourth-order valence-electron chi connectivity index (χ4n) is 1.45. The molecule has 0 radical (unpaired) electrons. The minimum Gasteiger partial charge on any atom is -0.391 e. The van der Waals surface area contributed by atoms with Crippen LogP contribution in [0, 0.1) is 6.92 Å². The summed E-state index contributed by atoms with van der Waals surface area (Å²) in [5.41, 5.74) is 0.806. The van der Waals surface area contributed by atoms with Crippen LogP contribution in [0.3, 0.4) is 0 Å². The Bertz CT molecular complexity index is 350. The second-order valence-electron chi connectivity index (χ2n) is 3.40. The number of anilines is 1. The highest BCUT2D eigenvalue weighted by Crippen LogP contribution is 2.18. The molecule has 5 nitrogen and oxygen atoms in total. The fraction of sp³-hybridized carbons (Fsp3) is 0.444. The highest BCUT2D eigenvalue weighted by Gasteiger charge is 2.29. The lowest BCUT2D eigenvalue weighted by molar-refractivity contribution is -0.117. The number of nitrogens with zero attached hydrogens (tertiary/aromatic N) is 3. The Balaban J connectivity index is 2.23. The average Bonchev–Trinajstić information content (AvgIpc) is 2.47. The van der Waals surface area contributed by atoms with Gasteiger partial charge < -0.3 is 5.11 Å². The number of hydrogen-bond donors (Lipinski definition) is 1. The lowest BCUT2D eigenvalue weighted by atomic mass is 10.3. The molecule has 2 rings (SSSR count). The highest BCUT2D eigenvalue weighted by atomic mass is 16.3. The number of aryl methyl sites for hydroxylation is 1. The normalized spacial score (nSPS) is 21.7. The molecular formula is C9H11N3O2. The van der Waals surface area contributed by atoms with Crippen molar-refractivity contribution in [3.05, 3.63) is 17.8 Å². The molecule has 1 fully saturated rings. The Morgan fingerprint density at radius 2 is 2.29 bits per heavy atom. The molecule has 5 heteroatoms. The summed E-state index contributed by atoms with van der Waals surface area (Å²) >= 11 is 0. The van der Waals surface area contributed by atoms with Gasteiger partial charge >= 0.3 is 0 Å². The summed E-state index contributed by atoms with van der Waals surface area (Å²) in [7, 11) is 0. The van der Waals surface area contributed by atoms with Gasteiger partial charge in [-0.05, 0) is 19.1 Å². The van der Waals surface area contributed by atoms with Crippen LogP contribution in [0.4, 0.5) is 5.82 Å². The van der Waals surface area contributed by atoms with Crippen LogP contribution in [-0.2, 0) is 4.79 Å². The SMILES string of the molecule is Cc1ccc(N2CC(O)CC2=O)nn1. The van der Waals surface area contributed by atoms with E-state index in [1.807, 2.05) is 6.92 Å². The van der Waals surface area contributed by atoms with E-state index in [0.717, 1.165) is 5.69 Å². The third kappa shape index (κ3) is 1.58. The molecule has 1 aliphatic rings. The number of aromatic nitrogens is 2. The van der Waals surface area contributed by atoms with Gasteiger partial charge in [0, 0.05) is 0 Å². The molecule has 1 atom stereocenters. The molecule has 0 bridgehead atoms. The van der Waals surface area contributed by atoms with Crippen LogP contribution in [0.2, 0.25) is 0 Å². The fourth-order valence-corrected chi connectivity index (χ4v) is 1.45. The first kappa shape index (κ1) is 9.08. The average molecular weight is 193 g/mol. The molecule has 1 amide bonds. The molecule has 1 aromatic heterocycles. The number of aliphatic hydroxyl groups excluding tert-OH is 1. The van der Waals surface area contributed by atoms with E-state index in [1.165, 1.54) is 4.90 Å². The Morgan fingerprint density at radius 1 is 1.50 bits per heavy atom. The maximum absolute atomic E-state index is 11.4. The van der Waals surface area contributed by atoms with Crippen LogP contribution >= 0.6 is 0 Å². The number of hydrogen-bond acceptors (Lipinski definition) is 4. The zero-order valence-electron chi connectivity index (χ0n) is 7.84. The molecule has 0 spiro atoms. The standard InChI is InChI=1S/C9H11N3O2/c1-6-2-3-8(11-10-6)12-5-7(13)4-9(12)14/h2-3,7,13H,4-5H2,1H3. The molecule has 2 heterocycles. The second kappa shape index (κ2) is 3.34.